The number of carbonyl (C=O) groups excluding carboxylic acids is 1. The third-order valence-corrected chi connectivity index (χ3v) is 4.51. The van der Waals surface area contributed by atoms with Gasteiger partial charge in [0.25, 0.3) is 0 Å². The number of halogens is 1. The molecule has 0 spiro atoms. The van der Waals surface area contributed by atoms with Gasteiger partial charge in [-0.25, -0.2) is 4.98 Å². The maximum Gasteiger partial charge on any atom is 0.227 e. The van der Waals surface area contributed by atoms with Crippen molar-refractivity contribution in [3.8, 4) is 0 Å². The molecular formula is C19H22ClN3O2. The lowest BCUT2D eigenvalue weighted by molar-refractivity contribution is -0.122. The van der Waals surface area contributed by atoms with Crippen LogP contribution in [0.25, 0.3) is 0 Å². The van der Waals surface area contributed by atoms with Gasteiger partial charge in [0, 0.05) is 30.7 Å². The van der Waals surface area contributed by atoms with Crippen molar-refractivity contribution in [3.05, 3.63) is 53.2 Å². The Bertz CT molecular complexity index is 683. The van der Waals surface area contributed by atoms with Crippen LogP contribution in [-0.2, 0) is 16.0 Å². The molecule has 6 heteroatoms. The van der Waals surface area contributed by atoms with Crippen molar-refractivity contribution in [2.24, 2.45) is 5.92 Å². The van der Waals surface area contributed by atoms with Crippen molar-refractivity contribution in [2.45, 2.75) is 19.3 Å². The normalized spacial score (nSPS) is 14.9. The molecule has 132 valence electrons. The molecule has 0 unspecified atom stereocenters. The predicted molar refractivity (Wildman–Crippen MR) is 100 cm³/mol. The molecule has 0 radical (unpaired) electrons. The molecule has 0 saturated carbocycles. The average Bonchev–Trinajstić information content (AvgIpc) is 2.65. The van der Waals surface area contributed by atoms with Crippen LogP contribution in [0.1, 0.15) is 18.4 Å². The summed E-state index contributed by atoms with van der Waals surface area (Å²) in [5.41, 5.74) is 1.94. The van der Waals surface area contributed by atoms with Crippen LogP contribution in [0.4, 0.5) is 11.5 Å². The lowest BCUT2D eigenvalue weighted by atomic mass is 9.99. The number of rotatable bonds is 6. The van der Waals surface area contributed by atoms with E-state index in [4.69, 9.17) is 16.3 Å². The highest BCUT2D eigenvalue weighted by Crippen LogP contribution is 2.18. The third kappa shape index (κ3) is 5.44. The summed E-state index contributed by atoms with van der Waals surface area (Å²) in [7, 11) is 0. The van der Waals surface area contributed by atoms with Gasteiger partial charge >= 0.3 is 0 Å². The number of aromatic nitrogens is 1. The zero-order chi connectivity index (χ0) is 17.5. The van der Waals surface area contributed by atoms with Crippen LogP contribution >= 0.6 is 11.6 Å². The van der Waals surface area contributed by atoms with E-state index in [1.807, 2.05) is 36.4 Å². The van der Waals surface area contributed by atoms with Gasteiger partial charge in [0.05, 0.1) is 11.9 Å². The zero-order valence-corrected chi connectivity index (χ0v) is 14.8. The quantitative estimate of drug-likeness (QED) is 0.824. The van der Waals surface area contributed by atoms with Crippen molar-refractivity contribution in [1.29, 1.82) is 0 Å². The summed E-state index contributed by atoms with van der Waals surface area (Å²) in [5.74, 6) is 0.873. The number of amides is 1. The van der Waals surface area contributed by atoms with Crippen molar-refractivity contribution in [3.63, 3.8) is 0 Å². The molecule has 1 aliphatic rings. The van der Waals surface area contributed by atoms with Gasteiger partial charge in [-0.3, -0.25) is 4.79 Å². The monoisotopic (exact) mass is 359 g/mol. The van der Waals surface area contributed by atoms with Crippen LogP contribution < -0.4 is 10.6 Å². The molecule has 1 aliphatic heterocycles. The van der Waals surface area contributed by atoms with Gasteiger partial charge in [-0.15, -0.1) is 0 Å². The molecule has 25 heavy (non-hydrogen) atoms. The number of nitrogens with one attached hydrogen (secondary N) is 2. The average molecular weight is 360 g/mol. The standard InChI is InChI=1S/C19H22ClN3O2/c20-16-3-1-14(2-4-16)7-10-21-18-6-5-17(13-22-18)23-19(24)15-8-11-25-12-9-15/h1-6,13,15H,7-12H2,(H,21,22)(H,23,24). The van der Waals surface area contributed by atoms with Crippen LogP contribution in [0, 0.1) is 5.92 Å². The van der Waals surface area contributed by atoms with Gasteiger partial charge in [0.15, 0.2) is 0 Å². The van der Waals surface area contributed by atoms with Crippen LogP contribution in [0.5, 0.6) is 0 Å². The molecule has 1 aromatic carbocycles. The summed E-state index contributed by atoms with van der Waals surface area (Å²) in [6, 6.07) is 11.6. The minimum absolute atomic E-state index is 0.0333. The SMILES string of the molecule is O=C(Nc1ccc(NCCc2ccc(Cl)cc2)nc1)C1CCOCC1. The molecule has 1 saturated heterocycles. The maximum atomic E-state index is 12.2. The molecule has 5 nitrogen and oxygen atoms in total. The number of nitrogens with zero attached hydrogens (tertiary/aromatic N) is 1. The zero-order valence-electron chi connectivity index (χ0n) is 14.0. The molecule has 3 rings (SSSR count). The lowest BCUT2D eigenvalue weighted by Crippen LogP contribution is -2.28. The predicted octanol–water partition coefficient (Wildman–Crippen LogP) is 3.75. The number of hydrogen-bond donors (Lipinski definition) is 2. The second-order valence-corrected chi connectivity index (χ2v) is 6.55. The largest absolute Gasteiger partial charge is 0.381 e. The number of anilines is 2. The molecule has 0 bridgehead atoms. The van der Waals surface area contributed by atoms with E-state index in [9.17, 15) is 4.79 Å². The number of carbonyl (C=O) groups is 1. The molecule has 2 heterocycles. The highest BCUT2D eigenvalue weighted by molar-refractivity contribution is 6.30. The Labute approximate surface area is 152 Å². The van der Waals surface area contributed by atoms with E-state index in [-0.39, 0.29) is 11.8 Å². The van der Waals surface area contributed by atoms with Crippen molar-refractivity contribution >= 4 is 29.0 Å². The van der Waals surface area contributed by atoms with Crippen LogP contribution in [0.2, 0.25) is 5.02 Å². The fourth-order valence-corrected chi connectivity index (χ4v) is 2.89. The first-order chi connectivity index (χ1) is 12.2. The van der Waals surface area contributed by atoms with Crippen LogP contribution in [-0.4, -0.2) is 30.6 Å². The van der Waals surface area contributed by atoms with Gasteiger partial charge in [-0.2, -0.15) is 0 Å². The van der Waals surface area contributed by atoms with Crippen LogP contribution in [0.15, 0.2) is 42.6 Å². The summed E-state index contributed by atoms with van der Waals surface area (Å²) in [4.78, 5) is 16.5. The molecule has 1 aromatic heterocycles. The van der Waals surface area contributed by atoms with Gasteiger partial charge in [-0.1, -0.05) is 23.7 Å². The fraction of sp³-hybridized carbons (Fsp3) is 0.368. The summed E-state index contributed by atoms with van der Waals surface area (Å²) >= 11 is 5.88. The van der Waals surface area contributed by atoms with E-state index < -0.39 is 0 Å². The Morgan fingerprint density at radius 3 is 2.60 bits per heavy atom. The minimum atomic E-state index is 0.0333. The Kier molecular flexibility index (Phi) is 6.25. The van der Waals surface area contributed by atoms with E-state index in [1.165, 1.54) is 5.56 Å². The Morgan fingerprint density at radius 2 is 1.92 bits per heavy atom. The Balaban J connectivity index is 1.45. The van der Waals surface area contributed by atoms with E-state index >= 15 is 0 Å². The Hall–Kier alpha value is -2.11. The second kappa shape index (κ2) is 8.83. The molecular weight excluding hydrogens is 338 g/mol. The summed E-state index contributed by atoms with van der Waals surface area (Å²) in [6.07, 6.45) is 4.14. The summed E-state index contributed by atoms with van der Waals surface area (Å²) in [6.45, 7) is 2.10. The molecule has 1 fully saturated rings. The van der Waals surface area contributed by atoms with Crippen molar-refractivity contribution < 1.29 is 9.53 Å². The number of benzene rings is 1. The minimum Gasteiger partial charge on any atom is -0.381 e. The fourth-order valence-electron chi connectivity index (χ4n) is 2.76. The summed E-state index contributed by atoms with van der Waals surface area (Å²) < 4.78 is 5.28. The molecule has 0 aliphatic carbocycles. The topological polar surface area (TPSA) is 63.2 Å². The van der Waals surface area contributed by atoms with Gasteiger partial charge in [0.2, 0.25) is 5.91 Å². The summed E-state index contributed by atoms with van der Waals surface area (Å²) in [5, 5.41) is 6.95. The van der Waals surface area contributed by atoms with E-state index in [1.54, 1.807) is 6.20 Å². The highest BCUT2D eigenvalue weighted by Gasteiger charge is 2.21. The number of hydrogen-bond acceptors (Lipinski definition) is 4. The van der Waals surface area contributed by atoms with Crippen molar-refractivity contribution in [2.75, 3.05) is 30.4 Å². The third-order valence-electron chi connectivity index (χ3n) is 4.26. The van der Waals surface area contributed by atoms with Gasteiger partial charge in [0.1, 0.15) is 5.82 Å². The van der Waals surface area contributed by atoms with E-state index in [0.717, 1.165) is 42.3 Å². The second-order valence-electron chi connectivity index (χ2n) is 6.11. The smallest absolute Gasteiger partial charge is 0.227 e. The molecule has 0 atom stereocenters. The van der Waals surface area contributed by atoms with Gasteiger partial charge in [-0.05, 0) is 49.1 Å². The molecule has 2 aromatic rings. The van der Waals surface area contributed by atoms with Crippen molar-refractivity contribution in [1.82, 2.24) is 4.98 Å². The van der Waals surface area contributed by atoms with E-state index in [2.05, 4.69) is 15.6 Å². The molecule has 1 amide bonds. The first-order valence-corrected chi connectivity index (χ1v) is 8.91. The number of pyridine rings is 1. The lowest BCUT2D eigenvalue weighted by Gasteiger charge is -2.21. The molecule has 2 N–H and O–H groups in total. The van der Waals surface area contributed by atoms with Crippen LogP contribution in [0.3, 0.4) is 0 Å². The first-order valence-electron chi connectivity index (χ1n) is 8.54. The highest BCUT2D eigenvalue weighted by atomic mass is 35.5. The first kappa shape index (κ1) is 17.7. The van der Waals surface area contributed by atoms with E-state index in [0.29, 0.717) is 13.2 Å². The maximum absolute atomic E-state index is 12.2. The Morgan fingerprint density at radius 1 is 1.16 bits per heavy atom. The van der Waals surface area contributed by atoms with Gasteiger partial charge < -0.3 is 15.4 Å². The number of ether oxygens (including phenoxy) is 1.